The van der Waals surface area contributed by atoms with Gasteiger partial charge in [0, 0.05) is 28.7 Å². The van der Waals surface area contributed by atoms with Gasteiger partial charge in [0.2, 0.25) is 0 Å². The highest BCUT2D eigenvalue weighted by molar-refractivity contribution is 7.98. The molecular formula is C22H19ClN4S. The third kappa shape index (κ3) is 3.96. The molecule has 4 nitrogen and oxygen atoms in total. The molecule has 2 aromatic carbocycles. The number of benzene rings is 2. The fraction of sp³-hybridized carbons (Fsp3) is 0.136. The van der Waals surface area contributed by atoms with Crippen molar-refractivity contribution in [2.45, 2.75) is 24.8 Å². The fourth-order valence-electron chi connectivity index (χ4n) is 2.99. The molecule has 4 rings (SSSR count). The summed E-state index contributed by atoms with van der Waals surface area (Å²) in [7, 11) is 0. The molecule has 0 spiro atoms. The van der Waals surface area contributed by atoms with Crippen molar-refractivity contribution in [3.05, 3.63) is 88.7 Å². The predicted molar refractivity (Wildman–Crippen MR) is 115 cm³/mol. The zero-order valence-electron chi connectivity index (χ0n) is 15.6. The summed E-state index contributed by atoms with van der Waals surface area (Å²) in [5.74, 6) is 1.57. The van der Waals surface area contributed by atoms with Crippen LogP contribution in [0, 0.1) is 13.8 Å². The molecule has 28 heavy (non-hydrogen) atoms. The van der Waals surface area contributed by atoms with Crippen LogP contribution in [-0.4, -0.2) is 19.7 Å². The highest BCUT2D eigenvalue weighted by Gasteiger charge is 2.17. The van der Waals surface area contributed by atoms with Crippen LogP contribution in [0.5, 0.6) is 0 Å². The number of aromatic nitrogens is 4. The number of aryl methyl sites for hydroxylation is 2. The van der Waals surface area contributed by atoms with E-state index in [0.29, 0.717) is 5.02 Å². The van der Waals surface area contributed by atoms with E-state index in [1.807, 2.05) is 41.0 Å². The van der Waals surface area contributed by atoms with Gasteiger partial charge in [-0.25, -0.2) is 0 Å². The molecule has 0 N–H and O–H groups in total. The Kier molecular flexibility index (Phi) is 5.46. The summed E-state index contributed by atoms with van der Waals surface area (Å²) in [6, 6.07) is 18.1. The van der Waals surface area contributed by atoms with Crippen molar-refractivity contribution in [1.82, 2.24) is 19.7 Å². The van der Waals surface area contributed by atoms with E-state index >= 15 is 0 Å². The second-order valence-electron chi connectivity index (χ2n) is 6.58. The van der Waals surface area contributed by atoms with Crippen molar-refractivity contribution in [2.75, 3.05) is 0 Å². The number of halogens is 1. The highest BCUT2D eigenvalue weighted by atomic mass is 35.5. The molecule has 6 heteroatoms. The van der Waals surface area contributed by atoms with Gasteiger partial charge in [-0.05, 0) is 55.3 Å². The van der Waals surface area contributed by atoms with Crippen LogP contribution in [0.25, 0.3) is 17.1 Å². The highest BCUT2D eigenvalue weighted by Crippen LogP contribution is 2.31. The Morgan fingerprint density at radius 1 is 1.00 bits per heavy atom. The van der Waals surface area contributed by atoms with E-state index in [2.05, 4.69) is 47.2 Å². The SMILES string of the molecule is Cc1ccc(C)c(CSc2nnc(-c3cccnc3)n2-c2cccc(Cl)c2)c1. The van der Waals surface area contributed by atoms with Gasteiger partial charge in [0.25, 0.3) is 0 Å². The monoisotopic (exact) mass is 406 g/mol. The van der Waals surface area contributed by atoms with Gasteiger partial charge in [-0.3, -0.25) is 9.55 Å². The maximum atomic E-state index is 6.25. The van der Waals surface area contributed by atoms with Gasteiger partial charge in [0.05, 0.1) is 5.69 Å². The third-order valence-electron chi connectivity index (χ3n) is 4.48. The van der Waals surface area contributed by atoms with Crippen LogP contribution in [0.2, 0.25) is 5.02 Å². The van der Waals surface area contributed by atoms with Crippen molar-refractivity contribution >= 4 is 23.4 Å². The normalized spacial score (nSPS) is 11.0. The Hall–Kier alpha value is -2.63. The summed E-state index contributed by atoms with van der Waals surface area (Å²) < 4.78 is 2.04. The Balaban J connectivity index is 1.75. The van der Waals surface area contributed by atoms with Crippen LogP contribution in [0.15, 0.2) is 72.1 Å². The first-order valence-corrected chi connectivity index (χ1v) is 10.3. The molecule has 0 atom stereocenters. The summed E-state index contributed by atoms with van der Waals surface area (Å²) in [5.41, 5.74) is 5.68. The van der Waals surface area contributed by atoms with Gasteiger partial charge >= 0.3 is 0 Å². The molecule has 0 aliphatic carbocycles. The standard InChI is InChI=1S/C22H19ClN4S/c1-15-8-9-16(2)18(11-15)14-28-22-26-25-21(17-5-4-10-24-13-17)27(22)20-7-3-6-19(23)12-20/h3-13H,14H2,1-2H3. The van der Waals surface area contributed by atoms with Crippen LogP contribution in [0.3, 0.4) is 0 Å². The molecule has 4 aromatic rings. The second-order valence-corrected chi connectivity index (χ2v) is 7.96. The third-order valence-corrected chi connectivity index (χ3v) is 5.69. The van der Waals surface area contributed by atoms with Crippen molar-refractivity contribution in [3.8, 4) is 17.1 Å². The van der Waals surface area contributed by atoms with Crippen molar-refractivity contribution in [1.29, 1.82) is 0 Å². The van der Waals surface area contributed by atoms with E-state index < -0.39 is 0 Å². The Morgan fingerprint density at radius 2 is 1.89 bits per heavy atom. The molecule has 0 aliphatic heterocycles. The lowest BCUT2D eigenvalue weighted by molar-refractivity contribution is 0.885. The Morgan fingerprint density at radius 3 is 2.68 bits per heavy atom. The molecule has 0 bridgehead atoms. The van der Waals surface area contributed by atoms with Gasteiger partial charge in [-0.2, -0.15) is 0 Å². The van der Waals surface area contributed by atoms with E-state index in [9.17, 15) is 0 Å². The van der Waals surface area contributed by atoms with Crippen LogP contribution >= 0.6 is 23.4 Å². The lowest BCUT2D eigenvalue weighted by Gasteiger charge is -2.11. The number of hydrogen-bond donors (Lipinski definition) is 0. The molecule has 0 aliphatic rings. The molecule has 140 valence electrons. The molecule has 2 aromatic heterocycles. The van der Waals surface area contributed by atoms with Gasteiger partial charge in [0.1, 0.15) is 0 Å². The minimum atomic E-state index is 0.675. The van der Waals surface area contributed by atoms with Gasteiger partial charge in [-0.1, -0.05) is 53.2 Å². The van der Waals surface area contributed by atoms with Crippen molar-refractivity contribution in [3.63, 3.8) is 0 Å². The van der Waals surface area contributed by atoms with Crippen molar-refractivity contribution in [2.24, 2.45) is 0 Å². The van der Waals surface area contributed by atoms with E-state index in [0.717, 1.165) is 28.0 Å². The van der Waals surface area contributed by atoms with Gasteiger partial charge < -0.3 is 0 Å². The van der Waals surface area contributed by atoms with E-state index in [4.69, 9.17) is 11.6 Å². The maximum absolute atomic E-state index is 6.25. The summed E-state index contributed by atoms with van der Waals surface area (Å²) in [6.07, 6.45) is 3.55. The van der Waals surface area contributed by atoms with Crippen LogP contribution in [0.1, 0.15) is 16.7 Å². The fourth-order valence-corrected chi connectivity index (χ4v) is 4.19. The number of nitrogens with zero attached hydrogens (tertiary/aromatic N) is 4. The summed E-state index contributed by atoms with van der Waals surface area (Å²) >= 11 is 7.92. The average Bonchev–Trinajstić information content (AvgIpc) is 3.13. The molecule has 0 unspecified atom stereocenters. The predicted octanol–water partition coefficient (Wildman–Crippen LogP) is 5.89. The lowest BCUT2D eigenvalue weighted by Crippen LogP contribution is -2.00. The summed E-state index contributed by atoms with van der Waals surface area (Å²) in [6.45, 7) is 4.25. The zero-order valence-corrected chi connectivity index (χ0v) is 17.2. The van der Waals surface area contributed by atoms with Crippen LogP contribution in [0.4, 0.5) is 0 Å². The molecular weight excluding hydrogens is 388 g/mol. The molecule has 0 saturated heterocycles. The van der Waals surface area contributed by atoms with Gasteiger partial charge in [0.15, 0.2) is 11.0 Å². The second kappa shape index (κ2) is 8.17. The maximum Gasteiger partial charge on any atom is 0.196 e. The first kappa shape index (κ1) is 18.7. The Bertz CT molecular complexity index is 1110. The molecule has 0 radical (unpaired) electrons. The summed E-state index contributed by atoms with van der Waals surface area (Å²) in [5, 5.41) is 10.4. The van der Waals surface area contributed by atoms with Crippen LogP contribution in [-0.2, 0) is 5.75 Å². The minimum absolute atomic E-state index is 0.675. The molecule has 0 amide bonds. The lowest BCUT2D eigenvalue weighted by atomic mass is 10.1. The Labute approximate surface area is 173 Å². The van der Waals surface area contributed by atoms with E-state index in [1.54, 1.807) is 24.2 Å². The van der Waals surface area contributed by atoms with E-state index in [1.165, 1.54) is 16.7 Å². The first-order chi connectivity index (χ1) is 13.6. The zero-order chi connectivity index (χ0) is 19.5. The largest absolute Gasteiger partial charge is 0.270 e. The first-order valence-electron chi connectivity index (χ1n) is 8.92. The topological polar surface area (TPSA) is 43.6 Å². The van der Waals surface area contributed by atoms with Crippen LogP contribution < -0.4 is 0 Å². The minimum Gasteiger partial charge on any atom is -0.270 e. The number of rotatable bonds is 5. The number of pyridine rings is 1. The average molecular weight is 407 g/mol. The molecule has 0 saturated carbocycles. The quantitative estimate of drug-likeness (QED) is 0.387. The smallest absolute Gasteiger partial charge is 0.196 e. The molecule has 0 fully saturated rings. The number of thioether (sulfide) groups is 1. The van der Waals surface area contributed by atoms with Gasteiger partial charge in [-0.15, -0.1) is 10.2 Å². The van der Waals surface area contributed by atoms with Crippen molar-refractivity contribution < 1.29 is 0 Å². The van der Waals surface area contributed by atoms with E-state index in [-0.39, 0.29) is 0 Å². The summed E-state index contributed by atoms with van der Waals surface area (Å²) in [4.78, 5) is 4.22. The molecule has 2 heterocycles. The number of hydrogen-bond acceptors (Lipinski definition) is 4.